The lowest BCUT2D eigenvalue weighted by atomic mass is 10.2. The summed E-state index contributed by atoms with van der Waals surface area (Å²) in [6, 6.07) is 3.86. The maximum absolute atomic E-state index is 11.5. The highest BCUT2D eigenvalue weighted by Gasteiger charge is 2.18. The van der Waals surface area contributed by atoms with Crippen LogP contribution in [0.1, 0.15) is 5.56 Å². The summed E-state index contributed by atoms with van der Waals surface area (Å²) < 4.78 is 36.3. The number of halogens is 1. The van der Waals surface area contributed by atoms with E-state index in [1.54, 1.807) is 14.1 Å². The predicted octanol–water partition coefficient (Wildman–Crippen LogP) is 2.04. The minimum atomic E-state index is -4.41. The molecule has 0 saturated heterocycles. The number of nitrogens with zero attached hydrogens (tertiary/aromatic N) is 1. The van der Waals surface area contributed by atoms with E-state index < -0.39 is 16.5 Å². The first-order valence-corrected chi connectivity index (χ1v) is 9.92. The first kappa shape index (κ1) is 22.0. The maximum atomic E-state index is 11.5. The zero-order valence-electron chi connectivity index (χ0n) is 13.7. The van der Waals surface area contributed by atoms with Gasteiger partial charge in [0.25, 0.3) is 0 Å². The van der Waals surface area contributed by atoms with Crippen LogP contribution in [0.4, 0.5) is 4.79 Å². The summed E-state index contributed by atoms with van der Waals surface area (Å²) in [5.41, 5.74) is 0.879. The number of carbonyl (C=O) groups is 1. The topological polar surface area (TPSA) is 96.0 Å². The van der Waals surface area contributed by atoms with E-state index in [4.69, 9.17) is 16.3 Å². The number of aryl methyl sites for hydroxylation is 1. The molecular weight excluding hydrogens is 366 g/mol. The van der Waals surface area contributed by atoms with Gasteiger partial charge in [0.05, 0.1) is 12.1 Å². The zero-order valence-corrected chi connectivity index (χ0v) is 16.1. The SMILES string of the molecule is COS(=O)(=O)[O-].Cc1cc([S+](C)C)cc(Cl)c1OC(=O)N(C)C. The lowest BCUT2D eigenvalue weighted by molar-refractivity contribution is 0.171. The molecule has 0 aliphatic rings. The summed E-state index contributed by atoms with van der Waals surface area (Å²) >= 11 is 6.14. The van der Waals surface area contributed by atoms with E-state index in [0.29, 0.717) is 10.8 Å². The third-order valence-corrected chi connectivity index (χ3v) is 4.30. The van der Waals surface area contributed by atoms with Crippen LogP contribution in [-0.4, -0.2) is 57.7 Å². The molecule has 0 bridgehead atoms. The van der Waals surface area contributed by atoms with Crippen LogP contribution in [0.3, 0.4) is 0 Å². The molecule has 1 aromatic rings. The lowest BCUT2D eigenvalue weighted by Crippen LogP contribution is -2.25. The zero-order chi connectivity index (χ0) is 18.4. The molecule has 0 N–H and O–H groups in total. The van der Waals surface area contributed by atoms with Crippen molar-refractivity contribution < 1.29 is 26.7 Å². The number of benzene rings is 1. The summed E-state index contributed by atoms with van der Waals surface area (Å²) in [5, 5.41) is 0.483. The van der Waals surface area contributed by atoms with Crippen LogP contribution in [0.15, 0.2) is 17.0 Å². The Morgan fingerprint density at radius 1 is 1.30 bits per heavy atom. The monoisotopic (exact) mass is 385 g/mol. The Hall–Kier alpha value is -1.00. The number of carbonyl (C=O) groups excluding carboxylic acids is 1. The van der Waals surface area contributed by atoms with Crippen LogP contribution in [0.2, 0.25) is 5.02 Å². The molecule has 0 saturated carbocycles. The molecule has 132 valence electrons. The van der Waals surface area contributed by atoms with Crippen molar-refractivity contribution in [2.45, 2.75) is 11.8 Å². The Kier molecular flexibility index (Phi) is 8.93. The van der Waals surface area contributed by atoms with E-state index in [9.17, 15) is 17.8 Å². The number of rotatable bonds is 3. The quantitative estimate of drug-likeness (QED) is 0.448. The maximum Gasteiger partial charge on any atom is 0.414 e. The molecule has 0 unspecified atom stereocenters. The average Bonchev–Trinajstić information content (AvgIpc) is 2.41. The summed E-state index contributed by atoms with van der Waals surface area (Å²) in [4.78, 5) is 14.0. The summed E-state index contributed by atoms with van der Waals surface area (Å²) in [7, 11) is -0.200. The second-order valence-electron chi connectivity index (χ2n) is 4.70. The lowest BCUT2D eigenvalue weighted by Gasteiger charge is -2.14. The van der Waals surface area contributed by atoms with Gasteiger partial charge in [-0.3, -0.25) is 4.18 Å². The number of hydrogen-bond acceptors (Lipinski definition) is 6. The van der Waals surface area contributed by atoms with Crippen LogP contribution in [-0.2, 0) is 25.5 Å². The first-order valence-electron chi connectivity index (χ1n) is 6.17. The number of ether oxygens (including phenoxy) is 1. The molecule has 0 radical (unpaired) electrons. The van der Waals surface area contributed by atoms with Crippen molar-refractivity contribution in [3.8, 4) is 5.75 Å². The largest absolute Gasteiger partial charge is 0.726 e. The Morgan fingerprint density at radius 2 is 1.78 bits per heavy atom. The Balaban J connectivity index is 0.000000688. The van der Waals surface area contributed by atoms with Crippen LogP contribution in [0, 0.1) is 6.92 Å². The third-order valence-electron chi connectivity index (χ3n) is 2.43. The van der Waals surface area contributed by atoms with Gasteiger partial charge < -0.3 is 14.2 Å². The highest BCUT2D eigenvalue weighted by molar-refractivity contribution is 7.95. The van der Waals surface area contributed by atoms with Gasteiger partial charge in [0, 0.05) is 31.1 Å². The van der Waals surface area contributed by atoms with Gasteiger partial charge in [-0.25, -0.2) is 13.2 Å². The summed E-state index contributed by atoms with van der Waals surface area (Å²) in [5.74, 6) is 0.444. The minimum Gasteiger partial charge on any atom is -0.726 e. The van der Waals surface area contributed by atoms with E-state index in [2.05, 4.69) is 16.7 Å². The van der Waals surface area contributed by atoms with Crippen molar-refractivity contribution >= 4 is 39.0 Å². The number of amides is 1. The highest BCUT2D eigenvalue weighted by atomic mass is 35.5. The van der Waals surface area contributed by atoms with Crippen molar-refractivity contribution in [1.82, 2.24) is 4.90 Å². The molecule has 10 heteroatoms. The fourth-order valence-corrected chi connectivity index (χ4v) is 2.38. The van der Waals surface area contributed by atoms with Gasteiger partial charge in [-0.05, 0) is 18.6 Å². The van der Waals surface area contributed by atoms with Gasteiger partial charge in [0.15, 0.2) is 10.6 Å². The van der Waals surface area contributed by atoms with Gasteiger partial charge in [-0.15, -0.1) is 0 Å². The van der Waals surface area contributed by atoms with Crippen molar-refractivity contribution in [1.29, 1.82) is 0 Å². The minimum absolute atomic E-state index is 0.135. The van der Waals surface area contributed by atoms with E-state index in [0.717, 1.165) is 17.6 Å². The van der Waals surface area contributed by atoms with Crippen LogP contribution >= 0.6 is 11.6 Å². The molecule has 1 rings (SSSR count). The predicted molar refractivity (Wildman–Crippen MR) is 90.1 cm³/mol. The third kappa shape index (κ3) is 8.42. The van der Waals surface area contributed by atoms with Crippen molar-refractivity contribution in [3.63, 3.8) is 0 Å². The Labute approximate surface area is 144 Å². The molecule has 0 heterocycles. The second-order valence-corrected chi connectivity index (χ2v) is 8.37. The summed E-state index contributed by atoms with van der Waals surface area (Å²) in [6.45, 7) is 1.89. The molecule has 1 aromatic carbocycles. The molecule has 0 fully saturated rings. The Morgan fingerprint density at radius 3 is 2.09 bits per heavy atom. The standard InChI is InChI=1S/C12H17ClNO2S.CH4O4S/c1-8-6-9(17(4)5)7-10(13)11(8)16-12(15)14(2)3;1-5-6(2,3)4/h6-7H,1-5H3;1H3,(H,2,3,4)/q+1;/p-1. The number of hydrogen-bond donors (Lipinski definition) is 0. The molecule has 0 atom stereocenters. The fraction of sp³-hybridized carbons (Fsp3) is 0.462. The van der Waals surface area contributed by atoms with Gasteiger partial charge in [-0.1, -0.05) is 11.6 Å². The van der Waals surface area contributed by atoms with E-state index in [1.165, 1.54) is 4.90 Å². The second kappa shape index (κ2) is 9.33. The normalized spacial score (nSPS) is 10.8. The molecule has 7 nitrogen and oxygen atoms in total. The molecule has 1 amide bonds. The van der Waals surface area contributed by atoms with E-state index in [-0.39, 0.29) is 10.9 Å². The van der Waals surface area contributed by atoms with Crippen LogP contribution in [0.25, 0.3) is 0 Å². The molecular formula is C13H20ClNO6S2. The van der Waals surface area contributed by atoms with Crippen molar-refractivity contribution in [3.05, 3.63) is 22.7 Å². The van der Waals surface area contributed by atoms with Crippen LogP contribution < -0.4 is 4.74 Å². The molecule has 0 spiro atoms. The molecule has 0 aromatic heterocycles. The highest BCUT2D eigenvalue weighted by Crippen LogP contribution is 2.31. The van der Waals surface area contributed by atoms with E-state index in [1.807, 2.05) is 19.1 Å². The van der Waals surface area contributed by atoms with Gasteiger partial charge in [0.1, 0.15) is 12.5 Å². The average molecular weight is 386 g/mol. The van der Waals surface area contributed by atoms with Crippen LogP contribution in [0.5, 0.6) is 5.75 Å². The van der Waals surface area contributed by atoms with Crippen molar-refractivity contribution in [2.24, 2.45) is 0 Å². The van der Waals surface area contributed by atoms with E-state index >= 15 is 0 Å². The fourth-order valence-electron chi connectivity index (χ4n) is 1.24. The van der Waals surface area contributed by atoms with Gasteiger partial charge in [0.2, 0.25) is 10.4 Å². The summed E-state index contributed by atoms with van der Waals surface area (Å²) in [6.07, 6.45) is 3.82. The molecule has 0 aliphatic carbocycles. The van der Waals surface area contributed by atoms with Gasteiger partial charge in [-0.2, -0.15) is 0 Å². The first-order chi connectivity index (χ1) is 10.4. The molecule has 0 aliphatic heterocycles. The molecule has 23 heavy (non-hydrogen) atoms. The Bertz CT molecular complexity index is 623. The smallest absolute Gasteiger partial charge is 0.414 e. The van der Waals surface area contributed by atoms with Gasteiger partial charge >= 0.3 is 6.09 Å². The van der Waals surface area contributed by atoms with Crippen molar-refractivity contribution in [2.75, 3.05) is 33.7 Å².